The van der Waals surface area contributed by atoms with E-state index >= 15 is 0 Å². The van der Waals surface area contributed by atoms with Crippen molar-refractivity contribution in [2.75, 3.05) is 34.0 Å². The molecule has 1 heterocycles. The molecule has 0 spiro atoms. The highest BCUT2D eigenvalue weighted by atomic mass is 79.9. The fourth-order valence-corrected chi connectivity index (χ4v) is 3.33. The molecule has 1 aromatic heterocycles. The Bertz CT molecular complexity index is 862. The van der Waals surface area contributed by atoms with Crippen molar-refractivity contribution in [3.8, 4) is 17.0 Å². The molecule has 0 saturated carbocycles. The van der Waals surface area contributed by atoms with Gasteiger partial charge in [-0.05, 0) is 40.5 Å². The molecule has 0 fully saturated rings. The van der Waals surface area contributed by atoms with E-state index in [1.165, 1.54) is 4.90 Å². The van der Waals surface area contributed by atoms with Crippen LogP contribution in [0.15, 0.2) is 16.6 Å². The normalized spacial score (nSPS) is 10.8. The van der Waals surface area contributed by atoms with Gasteiger partial charge in [0.1, 0.15) is 5.75 Å². The molecule has 146 valence electrons. The summed E-state index contributed by atoms with van der Waals surface area (Å²) in [5.41, 5.74) is 11.3. The van der Waals surface area contributed by atoms with Crippen molar-refractivity contribution in [3.63, 3.8) is 0 Å². The first-order valence-corrected chi connectivity index (χ1v) is 9.16. The van der Waals surface area contributed by atoms with E-state index < -0.39 is 0 Å². The van der Waals surface area contributed by atoms with E-state index in [9.17, 15) is 4.79 Å². The number of methoxy groups -OCH3 is 1. The number of anilines is 1. The Balaban J connectivity index is 2.46. The number of halogens is 2. The second-order valence-corrected chi connectivity index (χ2v) is 7.40. The average molecular weight is 458 g/mol. The molecule has 0 saturated heterocycles. The molecule has 0 atom stereocenters. The van der Waals surface area contributed by atoms with Crippen LogP contribution in [0.4, 0.5) is 10.7 Å². The maximum Gasteiger partial charge on any atom is 0.331 e. The number of carbonyl (C=O) groups excluding carboxylic acids is 1. The van der Waals surface area contributed by atoms with Crippen LogP contribution in [-0.4, -0.2) is 54.2 Å². The zero-order valence-electron chi connectivity index (χ0n) is 15.8. The monoisotopic (exact) mass is 456 g/mol. The molecule has 0 aliphatic heterocycles. The number of carbonyl (C=O) groups is 1. The highest BCUT2D eigenvalue weighted by Gasteiger charge is 2.19. The largest absolute Gasteiger partial charge is 0.496 e. The van der Waals surface area contributed by atoms with E-state index in [0.29, 0.717) is 27.7 Å². The first kappa shape index (κ1) is 21.2. The standard InChI is InChI=1S/C17H22BrClN6O2/c1-9-13(8-25(4)17(26)23-24(2)3)21-16(20)22-15(9)10-6-14(27-5)11(18)7-12(10)19/h6-7H,8H2,1-5H3,(H,23,26)(H2,20,21,22). The highest BCUT2D eigenvalue weighted by Crippen LogP contribution is 2.38. The number of hydrazine groups is 1. The molecule has 2 rings (SSSR count). The number of aromatic nitrogens is 2. The van der Waals surface area contributed by atoms with Gasteiger partial charge in [0.15, 0.2) is 0 Å². The first-order chi connectivity index (χ1) is 12.6. The summed E-state index contributed by atoms with van der Waals surface area (Å²) >= 11 is 9.82. The van der Waals surface area contributed by atoms with Gasteiger partial charge in [0.25, 0.3) is 0 Å². The summed E-state index contributed by atoms with van der Waals surface area (Å²) in [7, 11) is 6.72. The summed E-state index contributed by atoms with van der Waals surface area (Å²) in [6, 6.07) is 3.26. The molecule has 0 aliphatic carbocycles. The molecule has 27 heavy (non-hydrogen) atoms. The third-order valence-electron chi connectivity index (χ3n) is 3.81. The number of amides is 2. The number of hydrogen-bond acceptors (Lipinski definition) is 6. The number of nitrogens with one attached hydrogen (secondary N) is 1. The van der Waals surface area contributed by atoms with Gasteiger partial charge in [-0.25, -0.2) is 19.8 Å². The molecular weight excluding hydrogens is 436 g/mol. The zero-order valence-corrected chi connectivity index (χ0v) is 18.1. The summed E-state index contributed by atoms with van der Waals surface area (Å²) < 4.78 is 6.08. The van der Waals surface area contributed by atoms with Gasteiger partial charge in [0, 0.05) is 26.7 Å². The lowest BCUT2D eigenvalue weighted by molar-refractivity contribution is 0.178. The van der Waals surface area contributed by atoms with E-state index in [-0.39, 0.29) is 18.5 Å². The topological polar surface area (TPSA) is 96.6 Å². The lowest BCUT2D eigenvalue weighted by Crippen LogP contribution is -2.44. The van der Waals surface area contributed by atoms with Crippen LogP contribution < -0.4 is 15.9 Å². The second-order valence-electron chi connectivity index (χ2n) is 6.14. The predicted octanol–water partition coefficient (Wildman–Crippen LogP) is 3.08. The minimum atomic E-state index is -0.263. The SMILES string of the molecule is COc1cc(-c2nc(N)nc(CN(C)C(=O)NN(C)C)c2C)c(Cl)cc1Br. The van der Waals surface area contributed by atoms with Crippen molar-refractivity contribution in [2.24, 2.45) is 0 Å². The van der Waals surface area contributed by atoms with E-state index in [1.54, 1.807) is 45.4 Å². The van der Waals surface area contributed by atoms with Crippen LogP contribution >= 0.6 is 27.5 Å². The minimum absolute atomic E-state index is 0.102. The zero-order chi connectivity index (χ0) is 20.3. The number of nitrogen functional groups attached to an aromatic ring is 1. The van der Waals surface area contributed by atoms with Crippen molar-refractivity contribution in [1.82, 2.24) is 25.3 Å². The summed E-state index contributed by atoms with van der Waals surface area (Å²) in [5, 5.41) is 2.06. The van der Waals surface area contributed by atoms with Gasteiger partial charge in [-0.3, -0.25) is 5.43 Å². The molecule has 0 aliphatic rings. The molecule has 2 amide bonds. The van der Waals surface area contributed by atoms with E-state index in [1.807, 2.05) is 6.92 Å². The predicted molar refractivity (Wildman–Crippen MR) is 110 cm³/mol. The minimum Gasteiger partial charge on any atom is -0.496 e. The van der Waals surface area contributed by atoms with Crippen molar-refractivity contribution in [1.29, 1.82) is 0 Å². The van der Waals surface area contributed by atoms with Crippen LogP contribution in [0.5, 0.6) is 5.75 Å². The number of hydrogen-bond donors (Lipinski definition) is 2. The Hall–Kier alpha value is -2.10. The molecular formula is C17H22BrClN6O2. The molecule has 3 N–H and O–H groups in total. The van der Waals surface area contributed by atoms with Crippen LogP contribution in [0.3, 0.4) is 0 Å². The Morgan fingerprint density at radius 1 is 1.33 bits per heavy atom. The number of urea groups is 1. The molecule has 10 heteroatoms. The quantitative estimate of drug-likeness (QED) is 0.670. The fourth-order valence-electron chi connectivity index (χ4n) is 2.44. The highest BCUT2D eigenvalue weighted by molar-refractivity contribution is 9.10. The Kier molecular flexibility index (Phi) is 6.85. The summed E-state index contributed by atoms with van der Waals surface area (Å²) in [4.78, 5) is 22.3. The van der Waals surface area contributed by atoms with Gasteiger partial charge in [-0.1, -0.05) is 11.6 Å². The maximum absolute atomic E-state index is 12.1. The van der Waals surface area contributed by atoms with Crippen LogP contribution in [0.1, 0.15) is 11.3 Å². The molecule has 0 bridgehead atoms. The van der Waals surface area contributed by atoms with E-state index in [4.69, 9.17) is 22.1 Å². The van der Waals surface area contributed by atoms with Crippen LogP contribution in [-0.2, 0) is 6.54 Å². The lowest BCUT2D eigenvalue weighted by Gasteiger charge is -2.22. The average Bonchev–Trinajstić information content (AvgIpc) is 2.57. The molecule has 2 aromatic rings. The number of benzene rings is 1. The van der Waals surface area contributed by atoms with Gasteiger partial charge < -0.3 is 15.4 Å². The number of nitrogens with zero attached hydrogens (tertiary/aromatic N) is 4. The van der Waals surface area contributed by atoms with Gasteiger partial charge in [-0.2, -0.15) is 0 Å². The Labute approximate surface area is 171 Å². The van der Waals surface area contributed by atoms with Crippen molar-refractivity contribution in [2.45, 2.75) is 13.5 Å². The van der Waals surface area contributed by atoms with Gasteiger partial charge in [0.05, 0.1) is 34.5 Å². The molecule has 0 unspecified atom stereocenters. The Morgan fingerprint density at radius 2 is 2.00 bits per heavy atom. The van der Waals surface area contributed by atoms with E-state index in [2.05, 4.69) is 31.3 Å². The van der Waals surface area contributed by atoms with Crippen LogP contribution in [0.2, 0.25) is 5.02 Å². The third kappa shape index (κ3) is 5.00. The summed E-state index contributed by atoms with van der Waals surface area (Å²) in [5.74, 6) is 0.722. The third-order valence-corrected chi connectivity index (χ3v) is 4.75. The number of ether oxygens (including phenoxy) is 1. The van der Waals surface area contributed by atoms with Crippen LogP contribution in [0.25, 0.3) is 11.3 Å². The number of rotatable bonds is 5. The molecule has 1 aromatic carbocycles. The smallest absolute Gasteiger partial charge is 0.331 e. The van der Waals surface area contributed by atoms with Crippen LogP contribution in [0, 0.1) is 6.92 Å². The summed E-state index contributed by atoms with van der Waals surface area (Å²) in [6.45, 7) is 2.13. The lowest BCUT2D eigenvalue weighted by atomic mass is 10.0. The van der Waals surface area contributed by atoms with Gasteiger partial charge >= 0.3 is 6.03 Å². The van der Waals surface area contributed by atoms with E-state index in [0.717, 1.165) is 10.0 Å². The number of nitrogens with two attached hydrogens (primary N) is 1. The second kappa shape index (κ2) is 8.73. The van der Waals surface area contributed by atoms with Crippen molar-refractivity contribution >= 4 is 39.5 Å². The van der Waals surface area contributed by atoms with Crippen molar-refractivity contribution in [3.05, 3.63) is 32.9 Å². The van der Waals surface area contributed by atoms with Gasteiger partial charge in [-0.15, -0.1) is 0 Å². The summed E-state index contributed by atoms with van der Waals surface area (Å²) in [6.07, 6.45) is 0. The van der Waals surface area contributed by atoms with Crippen molar-refractivity contribution < 1.29 is 9.53 Å². The Morgan fingerprint density at radius 3 is 2.59 bits per heavy atom. The molecule has 0 radical (unpaired) electrons. The molecule has 8 nitrogen and oxygen atoms in total. The fraction of sp³-hybridized carbons (Fsp3) is 0.353. The van der Waals surface area contributed by atoms with Gasteiger partial charge in [0.2, 0.25) is 5.95 Å². The first-order valence-electron chi connectivity index (χ1n) is 7.99. The maximum atomic E-state index is 12.1.